The summed E-state index contributed by atoms with van der Waals surface area (Å²) in [7, 11) is 1.87. The number of ether oxygens (including phenoxy) is 1. The molecule has 1 spiro atoms. The largest absolute Gasteiger partial charge is 0.490 e. The minimum atomic E-state index is -5.08. The van der Waals surface area contributed by atoms with Crippen molar-refractivity contribution in [3.8, 4) is 0 Å². The van der Waals surface area contributed by atoms with E-state index in [1.807, 2.05) is 7.11 Å². The van der Waals surface area contributed by atoms with Gasteiger partial charge in [-0.3, -0.25) is 4.90 Å². The molecule has 1 atom stereocenters. The fourth-order valence-electron chi connectivity index (χ4n) is 5.71. The predicted octanol–water partition coefficient (Wildman–Crippen LogP) is 5.07. The molecule has 230 valence electrons. The molecule has 1 aromatic heterocycles. The molecule has 2 N–H and O–H groups in total. The quantitative estimate of drug-likeness (QED) is 0.434. The van der Waals surface area contributed by atoms with Crippen LogP contribution in [0.5, 0.6) is 0 Å². The highest BCUT2D eigenvalue weighted by molar-refractivity contribution is 7.09. The van der Waals surface area contributed by atoms with Crippen molar-refractivity contribution in [3.05, 3.63) is 16.1 Å². The van der Waals surface area contributed by atoms with Crippen LogP contribution in [-0.4, -0.2) is 95.7 Å². The van der Waals surface area contributed by atoms with Gasteiger partial charge in [-0.2, -0.15) is 26.3 Å². The molecule has 0 aromatic carbocycles. The van der Waals surface area contributed by atoms with Crippen LogP contribution in [0.3, 0.4) is 0 Å². The highest BCUT2D eigenvalue weighted by atomic mass is 32.1. The second-order valence-corrected chi connectivity index (χ2v) is 11.7. The number of hydrogen-bond donors (Lipinski definition) is 2. The van der Waals surface area contributed by atoms with Crippen molar-refractivity contribution in [1.82, 2.24) is 14.8 Å². The molecule has 1 saturated carbocycles. The van der Waals surface area contributed by atoms with Gasteiger partial charge in [0.1, 0.15) is 0 Å². The number of halogens is 6. The van der Waals surface area contributed by atoms with E-state index >= 15 is 0 Å². The molecule has 8 nitrogen and oxygen atoms in total. The summed E-state index contributed by atoms with van der Waals surface area (Å²) < 4.78 is 69.1. The molecule has 15 heteroatoms. The van der Waals surface area contributed by atoms with Crippen molar-refractivity contribution >= 4 is 23.3 Å². The third kappa shape index (κ3) is 10.8. The highest BCUT2D eigenvalue weighted by Crippen LogP contribution is 2.45. The number of carbonyl (C=O) groups is 2. The first-order valence-corrected chi connectivity index (χ1v) is 13.9. The van der Waals surface area contributed by atoms with Gasteiger partial charge in [0.2, 0.25) is 0 Å². The molecule has 1 aromatic rings. The van der Waals surface area contributed by atoms with E-state index in [-0.39, 0.29) is 0 Å². The van der Waals surface area contributed by atoms with Crippen LogP contribution in [0.15, 0.2) is 5.38 Å². The van der Waals surface area contributed by atoms with E-state index < -0.39 is 24.3 Å². The molecular formula is C25H37F6N3O5S. The predicted molar refractivity (Wildman–Crippen MR) is 135 cm³/mol. The number of piperidine rings is 1. The lowest BCUT2D eigenvalue weighted by Crippen LogP contribution is -2.46. The number of rotatable bonds is 6. The van der Waals surface area contributed by atoms with Gasteiger partial charge in [0, 0.05) is 44.6 Å². The fraction of sp³-hybridized carbons (Fsp3) is 0.800. The average molecular weight is 606 g/mol. The Balaban J connectivity index is 0.000000333. The third-order valence-electron chi connectivity index (χ3n) is 7.63. The Morgan fingerprint density at radius 3 is 2.00 bits per heavy atom. The summed E-state index contributed by atoms with van der Waals surface area (Å²) in [5, 5.41) is 17.7. The number of carboxylic acid groups (broad SMARTS) is 2. The van der Waals surface area contributed by atoms with Crippen LogP contribution in [0, 0.1) is 24.2 Å². The Kier molecular flexibility index (Phi) is 12.6. The molecule has 1 aliphatic carbocycles. The molecular weight excluding hydrogens is 568 g/mol. The van der Waals surface area contributed by atoms with E-state index in [0.29, 0.717) is 11.3 Å². The Morgan fingerprint density at radius 1 is 1.05 bits per heavy atom. The van der Waals surface area contributed by atoms with Crippen LogP contribution in [0.25, 0.3) is 0 Å². The van der Waals surface area contributed by atoms with Gasteiger partial charge in [-0.1, -0.05) is 12.8 Å². The SMILES string of the molecule is COCC1CN(Cc2csc(C)n2)CC12CCN(CC1CCCC1)CC2.O=C(O)C(F)(F)F.O=C(O)C(F)(F)F. The Labute approximate surface area is 233 Å². The van der Waals surface area contributed by atoms with Crippen LogP contribution in [0.4, 0.5) is 26.3 Å². The van der Waals surface area contributed by atoms with Gasteiger partial charge in [0.25, 0.3) is 0 Å². The number of aromatic nitrogens is 1. The lowest BCUT2D eigenvalue weighted by molar-refractivity contribution is -0.193. The zero-order chi connectivity index (χ0) is 30.1. The number of aliphatic carboxylic acids is 2. The maximum Gasteiger partial charge on any atom is 0.490 e. The molecule has 2 saturated heterocycles. The number of likely N-dealkylation sites (tertiary alicyclic amines) is 2. The smallest absolute Gasteiger partial charge is 0.475 e. The van der Waals surface area contributed by atoms with Crippen molar-refractivity contribution in [1.29, 1.82) is 0 Å². The zero-order valence-electron chi connectivity index (χ0n) is 22.6. The summed E-state index contributed by atoms with van der Waals surface area (Å²) >= 11 is 1.77. The molecule has 2 aliphatic heterocycles. The average Bonchev–Trinajstić information content (AvgIpc) is 3.57. The number of thiazole rings is 1. The minimum absolute atomic E-state index is 0.466. The highest BCUT2D eigenvalue weighted by Gasteiger charge is 2.48. The molecule has 0 bridgehead atoms. The van der Waals surface area contributed by atoms with Crippen molar-refractivity contribution in [3.63, 3.8) is 0 Å². The number of carboxylic acids is 2. The lowest BCUT2D eigenvalue weighted by Gasteiger charge is -2.43. The van der Waals surface area contributed by atoms with Gasteiger partial charge >= 0.3 is 24.3 Å². The van der Waals surface area contributed by atoms with Gasteiger partial charge in [-0.25, -0.2) is 14.6 Å². The molecule has 0 amide bonds. The fourth-order valence-corrected chi connectivity index (χ4v) is 6.31. The van der Waals surface area contributed by atoms with Crippen LogP contribution in [0.2, 0.25) is 0 Å². The number of alkyl halides is 6. The summed E-state index contributed by atoms with van der Waals surface area (Å²) in [5.41, 5.74) is 1.71. The van der Waals surface area contributed by atoms with E-state index in [2.05, 4.69) is 27.1 Å². The number of methoxy groups -OCH3 is 1. The van der Waals surface area contributed by atoms with E-state index in [0.717, 1.165) is 19.1 Å². The maximum absolute atomic E-state index is 10.6. The summed E-state index contributed by atoms with van der Waals surface area (Å²) in [6.07, 6.45) is -1.61. The van der Waals surface area contributed by atoms with E-state index in [1.165, 1.54) is 82.0 Å². The van der Waals surface area contributed by atoms with Gasteiger partial charge in [-0.05, 0) is 57.0 Å². The van der Waals surface area contributed by atoms with Gasteiger partial charge in [0.15, 0.2) is 0 Å². The first kappa shape index (κ1) is 34.2. The van der Waals surface area contributed by atoms with E-state index in [4.69, 9.17) is 24.5 Å². The molecule has 3 fully saturated rings. The molecule has 1 unspecified atom stereocenters. The second-order valence-electron chi connectivity index (χ2n) is 10.6. The third-order valence-corrected chi connectivity index (χ3v) is 8.45. The first-order chi connectivity index (χ1) is 18.6. The van der Waals surface area contributed by atoms with Crippen molar-refractivity contribution < 1.29 is 50.9 Å². The molecule has 3 aliphatic rings. The summed E-state index contributed by atoms with van der Waals surface area (Å²) in [6, 6.07) is 0. The lowest BCUT2D eigenvalue weighted by atomic mass is 9.71. The zero-order valence-corrected chi connectivity index (χ0v) is 23.4. The van der Waals surface area contributed by atoms with Crippen LogP contribution >= 0.6 is 11.3 Å². The van der Waals surface area contributed by atoms with Crippen molar-refractivity contribution in [2.45, 2.75) is 64.3 Å². The van der Waals surface area contributed by atoms with Gasteiger partial charge in [0.05, 0.1) is 17.3 Å². The summed E-state index contributed by atoms with van der Waals surface area (Å²) in [5.74, 6) is -3.85. The van der Waals surface area contributed by atoms with Crippen LogP contribution in [0.1, 0.15) is 49.2 Å². The summed E-state index contributed by atoms with van der Waals surface area (Å²) in [6.45, 7) is 10.4. The number of hydrogen-bond acceptors (Lipinski definition) is 7. The van der Waals surface area contributed by atoms with E-state index in [1.54, 1.807) is 11.3 Å². The first-order valence-electron chi connectivity index (χ1n) is 13.0. The molecule has 4 rings (SSSR count). The second kappa shape index (κ2) is 14.8. The minimum Gasteiger partial charge on any atom is -0.475 e. The van der Waals surface area contributed by atoms with Crippen molar-refractivity contribution in [2.75, 3.05) is 46.4 Å². The van der Waals surface area contributed by atoms with Crippen molar-refractivity contribution in [2.24, 2.45) is 17.3 Å². The normalized spacial score (nSPS) is 21.9. The van der Waals surface area contributed by atoms with Crippen LogP contribution in [-0.2, 0) is 20.9 Å². The number of nitrogens with zero attached hydrogens (tertiary/aromatic N) is 3. The van der Waals surface area contributed by atoms with E-state index in [9.17, 15) is 26.3 Å². The monoisotopic (exact) mass is 605 g/mol. The molecule has 0 radical (unpaired) electrons. The molecule has 40 heavy (non-hydrogen) atoms. The topological polar surface area (TPSA) is 103 Å². The number of aryl methyl sites for hydroxylation is 1. The standard InChI is InChI=1S/C21H35N3OS.2C2HF3O2/c1-17-22-20(15-26-17)13-24-12-19(14-25-2)21(16-24)7-9-23(10-8-21)11-18-5-3-4-6-18;2*3-2(4,5)1(6)7/h15,18-19H,3-14,16H2,1-2H3;2*(H,6,7). The van der Waals surface area contributed by atoms with Gasteiger partial charge in [-0.15, -0.1) is 11.3 Å². The maximum atomic E-state index is 10.6. The Hall–Kier alpha value is -1.97. The molecule has 3 heterocycles. The van der Waals surface area contributed by atoms with Crippen LogP contribution < -0.4 is 0 Å². The van der Waals surface area contributed by atoms with Gasteiger partial charge < -0.3 is 19.8 Å². The Morgan fingerprint density at radius 2 is 1.57 bits per heavy atom. The Bertz CT molecular complexity index is 920. The summed E-state index contributed by atoms with van der Waals surface area (Å²) in [4.78, 5) is 27.9.